The summed E-state index contributed by atoms with van der Waals surface area (Å²) in [5, 5.41) is 0.614. The van der Waals surface area contributed by atoms with Gasteiger partial charge in [0.1, 0.15) is 5.69 Å². The molecule has 0 radical (unpaired) electrons. The molecule has 0 spiro atoms. The molecule has 4 rings (SSSR count). The van der Waals surface area contributed by atoms with Crippen molar-refractivity contribution in [1.82, 2.24) is 8.96 Å². The van der Waals surface area contributed by atoms with E-state index >= 15 is 0 Å². The van der Waals surface area contributed by atoms with Gasteiger partial charge < -0.3 is 4.74 Å². The first-order chi connectivity index (χ1) is 12.6. The predicted octanol–water partition coefficient (Wildman–Crippen LogP) is 3.03. The number of carbonyl (C=O) groups excluding carboxylic acids is 1. The Kier molecular flexibility index (Phi) is 4.34. The van der Waals surface area contributed by atoms with Crippen LogP contribution in [-0.2, 0) is 14.8 Å². The van der Waals surface area contributed by atoms with Crippen LogP contribution in [0, 0.1) is 0 Å². The quantitative estimate of drug-likeness (QED) is 0.645. The highest BCUT2D eigenvalue weighted by Crippen LogP contribution is 2.26. The lowest BCUT2D eigenvalue weighted by molar-refractivity contribution is 0.0771. The largest absolute Gasteiger partial charge is 0.378 e. The Hall–Kier alpha value is -2.51. The molecule has 1 aromatic carbocycles. The Balaban J connectivity index is 1.86. The van der Waals surface area contributed by atoms with E-state index in [-0.39, 0.29) is 34.5 Å². The number of rotatable bonds is 5. The summed E-state index contributed by atoms with van der Waals surface area (Å²) in [6.07, 6.45) is 3.27. The predicted molar refractivity (Wildman–Crippen MR) is 96.7 cm³/mol. The van der Waals surface area contributed by atoms with Gasteiger partial charge in [0.25, 0.3) is 10.0 Å². The third-order valence-electron chi connectivity index (χ3n) is 4.52. The first kappa shape index (κ1) is 16.9. The Morgan fingerprint density at radius 2 is 2.00 bits per heavy atom. The number of hydrogen-bond donors (Lipinski definition) is 0. The molecule has 1 unspecified atom stereocenters. The van der Waals surface area contributed by atoms with Gasteiger partial charge in [-0.15, -0.1) is 0 Å². The molecule has 1 saturated heterocycles. The topological polar surface area (TPSA) is 78.3 Å². The molecule has 3 aromatic rings. The molecule has 1 aliphatic heterocycles. The van der Waals surface area contributed by atoms with Crippen molar-refractivity contribution in [3.63, 3.8) is 0 Å². The molecule has 0 aliphatic carbocycles. The Morgan fingerprint density at radius 3 is 2.73 bits per heavy atom. The molecule has 6 nitrogen and oxygen atoms in total. The minimum atomic E-state index is -3.94. The first-order valence-corrected chi connectivity index (χ1v) is 9.93. The number of benzene rings is 1. The summed E-state index contributed by atoms with van der Waals surface area (Å²) in [5.41, 5.74) is 0.380. The minimum Gasteiger partial charge on any atom is -0.378 e. The number of nitrogens with zero attached hydrogens (tertiary/aromatic N) is 2. The SMILES string of the molecule is O=C(CC1CCCO1)c1cc2cccnc2n1S(=O)(=O)c1ccccc1. The zero-order valence-corrected chi connectivity index (χ0v) is 14.9. The lowest BCUT2D eigenvalue weighted by Crippen LogP contribution is -2.21. The average Bonchev–Trinajstić information content (AvgIpc) is 3.29. The van der Waals surface area contributed by atoms with E-state index in [1.54, 1.807) is 36.4 Å². The summed E-state index contributed by atoms with van der Waals surface area (Å²) in [4.78, 5) is 17.2. The van der Waals surface area contributed by atoms with Crippen molar-refractivity contribution >= 4 is 26.8 Å². The number of ether oxygens (including phenoxy) is 1. The van der Waals surface area contributed by atoms with Gasteiger partial charge in [-0.25, -0.2) is 17.4 Å². The van der Waals surface area contributed by atoms with Crippen molar-refractivity contribution in [3.05, 3.63) is 60.4 Å². The lowest BCUT2D eigenvalue weighted by atomic mass is 10.1. The van der Waals surface area contributed by atoms with Crippen LogP contribution >= 0.6 is 0 Å². The molecular weight excluding hydrogens is 352 g/mol. The van der Waals surface area contributed by atoms with Crippen LogP contribution in [0.4, 0.5) is 0 Å². The van der Waals surface area contributed by atoms with Gasteiger partial charge in [0.05, 0.1) is 11.0 Å². The van der Waals surface area contributed by atoms with Crippen LogP contribution in [0.2, 0.25) is 0 Å². The smallest absolute Gasteiger partial charge is 0.270 e. The molecule has 1 atom stereocenters. The summed E-state index contributed by atoms with van der Waals surface area (Å²) < 4.78 is 33.0. The van der Waals surface area contributed by atoms with E-state index < -0.39 is 10.0 Å². The second kappa shape index (κ2) is 6.66. The zero-order valence-electron chi connectivity index (χ0n) is 14.0. The van der Waals surface area contributed by atoms with Crippen molar-refractivity contribution < 1.29 is 17.9 Å². The number of pyridine rings is 1. The van der Waals surface area contributed by atoms with E-state index in [2.05, 4.69) is 4.98 Å². The molecule has 0 bridgehead atoms. The molecule has 1 fully saturated rings. The highest BCUT2D eigenvalue weighted by molar-refractivity contribution is 7.90. The number of carbonyl (C=O) groups is 1. The molecule has 1 aliphatic rings. The van der Waals surface area contributed by atoms with Crippen LogP contribution < -0.4 is 0 Å². The second-order valence-electron chi connectivity index (χ2n) is 6.29. The molecular formula is C19H18N2O4S. The Bertz CT molecular complexity index is 1050. The van der Waals surface area contributed by atoms with E-state index in [9.17, 15) is 13.2 Å². The maximum Gasteiger partial charge on any atom is 0.270 e. The number of aromatic nitrogens is 2. The molecule has 26 heavy (non-hydrogen) atoms. The fourth-order valence-corrected chi connectivity index (χ4v) is 4.77. The summed E-state index contributed by atoms with van der Waals surface area (Å²) in [6.45, 7) is 0.644. The van der Waals surface area contributed by atoms with E-state index in [0.717, 1.165) is 16.8 Å². The number of hydrogen-bond acceptors (Lipinski definition) is 5. The van der Waals surface area contributed by atoms with E-state index in [4.69, 9.17) is 4.74 Å². The van der Waals surface area contributed by atoms with Crippen molar-refractivity contribution in [2.24, 2.45) is 0 Å². The maximum absolute atomic E-state index is 13.2. The summed E-state index contributed by atoms with van der Waals surface area (Å²) in [6, 6.07) is 13.1. The summed E-state index contributed by atoms with van der Waals surface area (Å²) in [5.74, 6) is -0.255. The van der Waals surface area contributed by atoms with Crippen LogP contribution in [0.1, 0.15) is 29.8 Å². The molecule has 0 N–H and O–H groups in total. The summed E-state index contributed by atoms with van der Waals surface area (Å²) in [7, 11) is -3.94. The van der Waals surface area contributed by atoms with Gasteiger partial charge in [0.2, 0.25) is 0 Å². The fraction of sp³-hybridized carbons (Fsp3) is 0.263. The van der Waals surface area contributed by atoms with E-state index in [1.807, 2.05) is 0 Å². The van der Waals surface area contributed by atoms with Crippen LogP contribution in [0.15, 0.2) is 59.6 Å². The molecule has 0 amide bonds. The number of ketones is 1. The number of Topliss-reactive ketones (excluding diaryl/α,β-unsaturated/α-hetero) is 1. The zero-order chi connectivity index (χ0) is 18.1. The van der Waals surface area contributed by atoms with Gasteiger partial charge in [-0.2, -0.15) is 0 Å². The third-order valence-corrected chi connectivity index (χ3v) is 6.24. The van der Waals surface area contributed by atoms with Crippen LogP contribution in [0.25, 0.3) is 11.0 Å². The molecule has 0 saturated carbocycles. The van der Waals surface area contributed by atoms with Gasteiger partial charge in [0, 0.05) is 24.6 Å². The maximum atomic E-state index is 13.2. The molecule has 7 heteroatoms. The number of fused-ring (bicyclic) bond motifs is 1. The van der Waals surface area contributed by atoms with Gasteiger partial charge in [-0.1, -0.05) is 18.2 Å². The van der Waals surface area contributed by atoms with Gasteiger partial charge in [-0.3, -0.25) is 4.79 Å². The van der Waals surface area contributed by atoms with E-state index in [0.29, 0.717) is 12.0 Å². The van der Waals surface area contributed by atoms with Crippen LogP contribution in [0.5, 0.6) is 0 Å². The summed E-state index contributed by atoms with van der Waals surface area (Å²) >= 11 is 0. The lowest BCUT2D eigenvalue weighted by Gasteiger charge is -2.12. The van der Waals surface area contributed by atoms with Crippen molar-refractivity contribution in [2.45, 2.75) is 30.3 Å². The monoisotopic (exact) mass is 370 g/mol. The van der Waals surface area contributed by atoms with Gasteiger partial charge in [0.15, 0.2) is 11.4 Å². The average molecular weight is 370 g/mol. The van der Waals surface area contributed by atoms with Gasteiger partial charge in [-0.05, 0) is 43.2 Å². The van der Waals surface area contributed by atoms with E-state index in [1.165, 1.54) is 18.3 Å². The fourth-order valence-electron chi connectivity index (χ4n) is 3.26. The second-order valence-corrected chi connectivity index (χ2v) is 8.08. The van der Waals surface area contributed by atoms with Crippen LogP contribution in [-0.4, -0.2) is 35.9 Å². The van der Waals surface area contributed by atoms with Crippen LogP contribution in [0.3, 0.4) is 0 Å². The minimum absolute atomic E-state index is 0.120. The molecule has 3 heterocycles. The van der Waals surface area contributed by atoms with Crippen molar-refractivity contribution in [3.8, 4) is 0 Å². The van der Waals surface area contributed by atoms with Gasteiger partial charge >= 0.3 is 0 Å². The molecule has 134 valence electrons. The highest BCUT2D eigenvalue weighted by Gasteiger charge is 2.29. The normalized spacial score (nSPS) is 17.6. The Morgan fingerprint density at radius 1 is 1.19 bits per heavy atom. The standard InChI is InChI=1S/C19H18N2O4S/c22-18(13-15-7-5-11-25-15)17-12-14-6-4-10-20-19(14)21(17)26(23,24)16-8-2-1-3-9-16/h1-4,6,8-10,12,15H,5,7,11,13H2. The molecule has 2 aromatic heterocycles. The van der Waals surface area contributed by atoms with Crippen molar-refractivity contribution in [2.75, 3.05) is 6.61 Å². The van der Waals surface area contributed by atoms with Crippen molar-refractivity contribution in [1.29, 1.82) is 0 Å². The Labute approximate surface area is 151 Å². The first-order valence-electron chi connectivity index (χ1n) is 8.49. The third kappa shape index (κ3) is 2.93. The highest BCUT2D eigenvalue weighted by atomic mass is 32.2.